The third-order valence-electron chi connectivity index (χ3n) is 2.44. The van der Waals surface area contributed by atoms with Crippen molar-refractivity contribution in [3.05, 3.63) is 16.1 Å². The van der Waals surface area contributed by atoms with Gasteiger partial charge in [-0.05, 0) is 12.8 Å². The second-order valence-electron chi connectivity index (χ2n) is 3.55. The lowest BCUT2D eigenvalue weighted by Crippen LogP contribution is -2.15. The van der Waals surface area contributed by atoms with E-state index in [-0.39, 0.29) is 6.61 Å². The van der Waals surface area contributed by atoms with E-state index in [0.717, 1.165) is 26.1 Å². The maximum absolute atomic E-state index is 8.79. The van der Waals surface area contributed by atoms with Gasteiger partial charge in [-0.1, -0.05) is 0 Å². The summed E-state index contributed by atoms with van der Waals surface area (Å²) in [7, 11) is 0. The number of thiazole rings is 1. The Labute approximate surface area is 87.7 Å². The van der Waals surface area contributed by atoms with Crippen LogP contribution in [0.25, 0.3) is 0 Å². The van der Waals surface area contributed by atoms with Gasteiger partial charge in [0.1, 0.15) is 0 Å². The second kappa shape index (κ2) is 4.87. The van der Waals surface area contributed by atoms with Crippen LogP contribution in [0.1, 0.15) is 28.6 Å². The van der Waals surface area contributed by atoms with Gasteiger partial charge in [0.25, 0.3) is 0 Å². The molecule has 1 unspecified atom stereocenters. The van der Waals surface area contributed by atoms with Crippen LogP contribution in [0.15, 0.2) is 6.20 Å². The first kappa shape index (κ1) is 10.1. The number of aliphatic hydroxyl groups is 1. The lowest BCUT2D eigenvalue weighted by atomic mass is 10.0. The normalized spacial score (nSPS) is 22.5. The topological polar surface area (TPSA) is 42.4 Å². The summed E-state index contributed by atoms with van der Waals surface area (Å²) in [6.45, 7) is 1.92. The summed E-state index contributed by atoms with van der Waals surface area (Å²) in [6, 6.07) is 0. The van der Waals surface area contributed by atoms with E-state index in [9.17, 15) is 0 Å². The predicted molar refractivity (Wildman–Crippen MR) is 55.7 cm³/mol. The van der Waals surface area contributed by atoms with E-state index in [0.29, 0.717) is 5.92 Å². The molecule has 2 rings (SSSR count). The maximum atomic E-state index is 8.79. The van der Waals surface area contributed by atoms with Gasteiger partial charge in [-0.3, -0.25) is 0 Å². The molecule has 0 bridgehead atoms. The van der Waals surface area contributed by atoms with Crippen LogP contribution in [0.2, 0.25) is 0 Å². The van der Waals surface area contributed by atoms with E-state index in [2.05, 4.69) is 4.98 Å². The Bertz CT molecular complexity index is 281. The van der Waals surface area contributed by atoms with Crippen LogP contribution in [-0.2, 0) is 11.2 Å². The molecule has 2 heterocycles. The molecule has 0 spiro atoms. The summed E-state index contributed by atoms with van der Waals surface area (Å²) in [5, 5.41) is 9.97. The van der Waals surface area contributed by atoms with Crippen molar-refractivity contribution in [2.24, 2.45) is 0 Å². The molecule has 1 saturated heterocycles. The average molecular weight is 213 g/mol. The van der Waals surface area contributed by atoms with Gasteiger partial charge in [-0.2, -0.15) is 0 Å². The van der Waals surface area contributed by atoms with Crippen molar-refractivity contribution in [2.45, 2.75) is 25.2 Å². The molecule has 0 saturated carbocycles. The maximum Gasteiger partial charge on any atom is 0.0981 e. The molecule has 1 aromatic rings. The van der Waals surface area contributed by atoms with Crippen molar-refractivity contribution >= 4 is 11.3 Å². The zero-order chi connectivity index (χ0) is 9.80. The zero-order valence-electron chi connectivity index (χ0n) is 8.11. The Morgan fingerprint density at radius 2 is 2.57 bits per heavy atom. The van der Waals surface area contributed by atoms with Crippen molar-refractivity contribution in [1.29, 1.82) is 0 Å². The van der Waals surface area contributed by atoms with E-state index in [1.54, 1.807) is 11.3 Å². The molecule has 1 atom stereocenters. The smallest absolute Gasteiger partial charge is 0.0981 e. The van der Waals surface area contributed by atoms with Crippen molar-refractivity contribution in [1.82, 2.24) is 4.98 Å². The van der Waals surface area contributed by atoms with Gasteiger partial charge in [-0.15, -0.1) is 11.3 Å². The molecule has 1 aliphatic heterocycles. The third-order valence-corrected chi connectivity index (χ3v) is 3.66. The lowest BCUT2D eigenvalue weighted by molar-refractivity contribution is 0.0804. The largest absolute Gasteiger partial charge is 0.396 e. The third kappa shape index (κ3) is 2.32. The van der Waals surface area contributed by atoms with Gasteiger partial charge < -0.3 is 9.84 Å². The van der Waals surface area contributed by atoms with E-state index >= 15 is 0 Å². The molecule has 0 aromatic carbocycles. The van der Waals surface area contributed by atoms with Gasteiger partial charge in [0.05, 0.1) is 11.6 Å². The van der Waals surface area contributed by atoms with Gasteiger partial charge in [0.15, 0.2) is 0 Å². The predicted octanol–water partition coefficient (Wildman–Crippen LogP) is 1.57. The molecular formula is C10H15NO2S. The van der Waals surface area contributed by atoms with Crippen LogP contribution in [0.5, 0.6) is 0 Å². The summed E-state index contributed by atoms with van der Waals surface area (Å²) in [5.74, 6) is 0.487. The SMILES string of the molecule is OCCc1cnc(C2CCCOC2)s1. The highest BCUT2D eigenvalue weighted by atomic mass is 32.1. The standard InChI is InChI=1S/C10H15NO2S/c12-4-3-9-6-11-10(14-9)8-2-1-5-13-7-8/h6,8,12H,1-5,7H2. The summed E-state index contributed by atoms with van der Waals surface area (Å²) in [5.41, 5.74) is 0. The van der Waals surface area contributed by atoms with Gasteiger partial charge >= 0.3 is 0 Å². The average Bonchev–Trinajstić information content (AvgIpc) is 2.68. The minimum absolute atomic E-state index is 0.211. The van der Waals surface area contributed by atoms with Crippen molar-refractivity contribution in [3.8, 4) is 0 Å². The minimum atomic E-state index is 0.211. The molecular weight excluding hydrogens is 198 g/mol. The molecule has 1 fully saturated rings. The highest BCUT2D eigenvalue weighted by molar-refractivity contribution is 7.11. The van der Waals surface area contributed by atoms with Crippen LogP contribution in [0.3, 0.4) is 0 Å². The second-order valence-corrected chi connectivity index (χ2v) is 4.70. The summed E-state index contributed by atoms with van der Waals surface area (Å²) >= 11 is 1.71. The molecule has 1 aliphatic rings. The first-order chi connectivity index (χ1) is 6.90. The number of hydrogen-bond donors (Lipinski definition) is 1. The minimum Gasteiger partial charge on any atom is -0.396 e. The number of aliphatic hydroxyl groups excluding tert-OH is 1. The molecule has 1 N–H and O–H groups in total. The molecule has 78 valence electrons. The number of nitrogens with zero attached hydrogens (tertiary/aromatic N) is 1. The van der Waals surface area contributed by atoms with E-state index < -0.39 is 0 Å². The summed E-state index contributed by atoms with van der Waals surface area (Å²) in [4.78, 5) is 5.56. The molecule has 0 amide bonds. The fourth-order valence-electron chi connectivity index (χ4n) is 1.67. The molecule has 3 nitrogen and oxygen atoms in total. The van der Waals surface area contributed by atoms with E-state index in [4.69, 9.17) is 9.84 Å². The fraction of sp³-hybridized carbons (Fsp3) is 0.700. The molecule has 0 aliphatic carbocycles. The Kier molecular flexibility index (Phi) is 3.50. The van der Waals surface area contributed by atoms with Gasteiger partial charge in [0, 0.05) is 36.6 Å². The highest BCUT2D eigenvalue weighted by Crippen LogP contribution is 2.28. The van der Waals surface area contributed by atoms with Crippen molar-refractivity contribution < 1.29 is 9.84 Å². The van der Waals surface area contributed by atoms with Crippen LogP contribution < -0.4 is 0 Å². The molecule has 1 aromatic heterocycles. The fourth-order valence-corrected chi connectivity index (χ4v) is 2.70. The van der Waals surface area contributed by atoms with Crippen LogP contribution in [0.4, 0.5) is 0 Å². The highest BCUT2D eigenvalue weighted by Gasteiger charge is 2.18. The van der Waals surface area contributed by atoms with Crippen LogP contribution in [0, 0.1) is 0 Å². The zero-order valence-corrected chi connectivity index (χ0v) is 8.92. The Hall–Kier alpha value is -0.450. The molecule has 4 heteroatoms. The molecule has 0 radical (unpaired) electrons. The first-order valence-corrected chi connectivity index (χ1v) is 5.85. The number of hydrogen-bond acceptors (Lipinski definition) is 4. The van der Waals surface area contributed by atoms with E-state index in [1.807, 2.05) is 6.20 Å². The monoisotopic (exact) mass is 213 g/mol. The summed E-state index contributed by atoms with van der Waals surface area (Å²) in [6.07, 6.45) is 4.93. The van der Waals surface area contributed by atoms with Crippen LogP contribution >= 0.6 is 11.3 Å². The van der Waals surface area contributed by atoms with E-state index in [1.165, 1.54) is 16.3 Å². The number of ether oxygens (including phenoxy) is 1. The Morgan fingerprint density at radius 1 is 1.64 bits per heavy atom. The Morgan fingerprint density at radius 3 is 3.29 bits per heavy atom. The first-order valence-electron chi connectivity index (χ1n) is 5.03. The van der Waals surface area contributed by atoms with Crippen molar-refractivity contribution in [2.75, 3.05) is 19.8 Å². The number of aromatic nitrogens is 1. The van der Waals surface area contributed by atoms with Gasteiger partial charge in [0.2, 0.25) is 0 Å². The quantitative estimate of drug-likeness (QED) is 0.828. The summed E-state index contributed by atoms with van der Waals surface area (Å²) < 4.78 is 5.42. The number of rotatable bonds is 3. The molecule has 14 heavy (non-hydrogen) atoms. The lowest BCUT2D eigenvalue weighted by Gasteiger charge is -2.19. The Balaban J connectivity index is 2.00. The van der Waals surface area contributed by atoms with Gasteiger partial charge in [-0.25, -0.2) is 4.98 Å². The van der Waals surface area contributed by atoms with Crippen LogP contribution in [-0.4, -0.2) is 29.9 Å². The van der Waals surface area contributed by atoms with Crippen molar-refractivity contribution in [3.63, 3.8) is 0 Å².